The summed E-state index contributed by atoms with van der Waals surface area (Å²) >= 11 is 6.43. The van der Waals surface area contributed by atoms with Crippen molar-refractivity contribution in [2.24, 2.45) is 0 Å². The van der Waals surface area contributed by atoms with Gasteiger partial charge in [-0.1, -0.05) is 54.8 Å². The standard InChI is InChI=1S/C30H30ClN5O5/c1-36(17-26(37)32-20-7-3-4-8-20)29-22(16-27(38)39)28(31)34-25(35-29)14-18-10-12-21(13-11-18)33-30(40)24-15-19-6-2-5-9-23(19)41-24/h2,5-6,9-13,15,20H,3-4,7-8,14,16-17H2,1H3,(H,32,37)(H,33,40)(H,38,39). The first-order chi connectivity index (χ1) is 19.7. The van der Waals surface area contributed by atoms with Gasteiger partial charge in [0.1, 0.15) is 22.4 Å². The summed E-state index contributed by atoms with van der Waals surface area (Å²) in [5.74, 6) is -0.693. The highest BCUT2D eigenvalue weighted by atomic mass is 35.5. The molecule has 1 saturated carbocycles. The molecule has 41 heavy (non-hydrogen) atoms. The molecular formula is C30H30ClN5O5. The number of para-hydroxylation sites is 1. The lowest BCUT2D eigenvalue weighted by Gasteiger charge is -2.22. The van der Waals surface area contributed by atoms with Crippen molar-refractivity contribution in [1.82, 2.24) is 15.3 Å². The summed E-state index contributed by atoms with van der Waals surface area (Å²) < 4.78 is 5.63. The smallest absolute Gasteiger partial charge is 0.308 e. The molecule has 2 heterocycles. The number of amides is 2. The molecule has 212 valence electrons. The van der Waals surface area contributed by atoms with Crippen LogP contribution in [0.25, 0.3) is 11.0 Å². The van der Waals surface area contributed by atoms with Gasteiger partial charge in [-0.05, 0) is 42.7 Å². The maximum Gasteiger partial charge on any atom is 0.308 e. The second kappa shape index (κ2) is 12.4. The van der Waals surface area contributed by atoms with E-state index in [1.165, 1.54) is 0 Å². The van der Waals surface area contributed by atoms with Gasteiger partial charge in [-0.25, -0.2) is 9.97 Å². The van der Waals surface area contributed by atoms with Gasteiger partial charge in [-0.3, -0.25) is 14.4 Å². The number of furan rings is 1. The molecule has 4 aromatic rings. The maximum absolute atomic E-state index is 12.7. The van der Waals surface area contributed by atoms with E-state index in [0.29, 0.717) is 29.3 Å². The second-order valence-electron chi connectivity index (χ2n) is 10.2. The summed E-state index contributed by atoms with van der Waals surface area (Å²) in [6.07, 6.45) is 4.06. The number of hydrogen-bond donors (Lipinski definition) is 3. The maximum atomic E-state index is 12.7. The fraction of sp³-hybridized carbons (Fsp3) is 0.300. The van der Waals surface area contributed by atoms with Crippen LogP contribution in [0.5, 0.6) is 0 Å². The van der Waals surface area contributed by atoms with Crippen molar-refractivity contribution in [3.63, 3.8) is 0 Å². The number of carbonyl (C=O) groups excluding carboxylic acids is 2. The van der Waals surface area contributed by atoms with Crippen molar-refractivity contribution in [2.75, 3.05) is 23.8 Å². The molecule has 2 amide bonds. The van der Waals surface area contributed by atoms with Crippen molar-refractivity contribution in [3.05, 3.63) is 82.5 Å². The van der Waals surface area contributed by atoms with Crippen molar-refractivity contribution in [2.45, 2.75) is 44.6 Å². The monoisotopic (exact) mass is 575 g/mol. The minimum Gasteiger partial charge on any atom is -0.481 e. The Hall–Kier alpha value is -4.44. The van der Waals surface area contributed by atoms with Crippen molar-refractivity contribution < 1.29 is 23.9 Å². The highest BCUT2D eigenvalue weighted by molar-refractivity contribution is 6.30. The SMILES string of the molecule is CN(CC(=O)NC1CCCC1)c1nc(Cc2ccc(NC(=O)c3cc4ccccc4o3)cc2)nc(Cl)c1CC(=O)O. The molecular weight excluding hydrogens is 546 g/mol. The zero-order valence-electron chi connectivity index (χ0n) is 22.5. The summed E-state index contributed by atoms with van der Waals surface area (Å²) in [7, 11) is 1.68. The number of nitrogens with zero attached hydrogens (tertiary/aromatic N) is 3. The highest BCUT2D eigenvalue weighted by Gasteiger charge is 2.23. The first-order valence-corrected chi connectivity index (χ1v) is 13.8. The zero-order chi connectivity index (χ0) is 28.9. The van der Waals surface area contributed by atoms with Gasteiger partial charge in [-0.15, -0.1) is 0 Å². The molecule has 1 fully saturated rings. The number of aromatic nitrogens is 2. The second-order valence-corrected chi connectivity index (χ2v) is 10.5. The van der Waals surface area contributed by atoms with Gasteiger partial charge in [0.2, 0.25) is 5.91 Å². The zero-order valence-corrected chi connectivity index (χ0v) is 23.3. The number of carbonyl (C=O) groups is 3. The number of hydrogen-bond acceptors (Lipinski definition) is 7. The van der Waals surface area contributed by atoms with Crippen LogP contribution in [-0.4, -0.2) is 52.5 Å². The van der Waals surface area contributed by atoms with E-state index in [9.17, 15) is 19.5 Å². The Morgan fingerprint density at radius 2 is 1.80 bits per heavy atom. The number of carboxylic acids is 1. The summed E-state index contributed by atoms with van der Waals surface area (Å²) in [6, 6.07) is 16.4. The highest BCUT2D eigenvalue weighted by Crippen LogP contribution is 2.26. The van der Waals surface area contributed by atoms with E-state index in [1.807, 2.05) is 30.3 Å². The summed E-state index contributed by atoms with van der Waals surface area (Å²) in [5, 5.41) is 16.2. The van der Waals surface area contributed by atoms with Gasteiger partial charge in [0.05, 0.1) is 13.0 Å². The van der Waals surface area contributed by atoms with Crippen molar-refractivity contribution in [1.29, 1.82) is 0 Å². The van der Waals surface area contributed by atoms with Gasteiger partial charge >= 0.3 is 5.97 Å². The predicted octanol–water partition coefficient (Wildman–Crippen LogP) is 4.84. The third-order valence-electron chi connectivity index (χ3n) is 7.00. The number of rotatable bonds is 10. The number of fused-ring (bicyclic) bond motifs is 1. The van der Waals surface area contributed by atoms with E-state index in [4.69, 9.17) is 16.0 Å². The molecule has 2 aromatic heterocycles. The van der Waals surface area contributed by atoms with Crippen LogP contribution in [0.4, 0.5) is 11.5 Å². The molecule has 11 heteroatoms. The third kappa shape index (κ3) is 7.01. The summed E-state index contributed by atoms with van der Waals surface area (Å²) in [4.78, 5) is 47.4. The molecule has 0 saturated heterocycles. The molecule has 1 aliphatic carbocycles. The van der Waals surface area contributed by atoms with Crippen LogP contribution < -0.4 is 15.5 Å². The van der Waals surface area contributed by atoms with Crippen LogP contribution in [0.2, 0.25) is 5.15 Å². The molecule has 0 unspecified atom stereocenters. The van der Waals surface area contributed by atoms with Crippen LogP contribution in [0.3, 0.4) is 0 Å². The number of anilines is 2. The van der Waals surface area contributed by atoms with Gasteiger partial charge in [0.25, 0.3) is 5.91 Å². The fourth-order valence-electron chi connectivity index (χ4n) is 4.99. The number of benzene rings is 2. The van der Waals surface area contributed by atoms with Crippen LogP contribution in [0.1, 0.15) is 53.2 Å². The van der Waals surface area contributed by atoms with E-state index >= 15 is 0 Å². The van der Waals surface area contributed by atoms with E-state index in [-0.39, 0.29) is 47.3 Å². The number of aliphatic carboxylic acids is 1. The summed E-state index contributed by atoms with van der Waals surface area (Å²) in [6.45, 7) is 0.00945. The minimum atomic E-state index is -1.08. The Morgan fingerprint density at radius 3 is 2.51 bits per heavy atom. The first kappa shape index (κ1) is 28.1. The molecule has 0 radical (unpaired) electrons. The van der Waals surface area contributed by atoms with Gasteiger partial charge in [-0.2, -0.15) is 0 Å². The van der Waals surface area contributed by atoms with Crippen LogP contribution in [0, 0.1) is 0 Å². The van der Waals surface area contributed by atoms with Gasteiger partial charge in [0, 0.05) is 36.1 Å². The molecule has 0 spiro atoms. The van der Waals surface area contributed by atoms with E-state index in [2.05, 4.69) is 20.6 Å². The quantitative estimate of drug-likeness (QED) is 0.228. The fourth-order valence-corrected chi connectivity index (χ4v) is 5.24. The van der Waals surface area contributed by atoms with Crippen LogP contribution >= 0.6 is 11.6 Å². The Kier molecular flexibility index (Phi) is 8.49. The lowest BCUT2D eigenvalue weighted by atomic mass is 10.1. The van der Waals surface area contributed by atoms with Gasteiger partial charge < -0.3 is 25.1 Å². The Bertz CT molecular complexity index is 1550. The largest absolute Gasteiger partial charge is 0.481 e. The lowest BCUT2D eigenvalue weighted by molar-refractivity contribution is -0.136. The van der Waals surface area contributed by atoms with Crippen LogP contribution in [-0.2, 0) is 22.4 Å². The van der Waals surface area contributed by atoms with Crippen LogP contribution in [0.15, 0.2) is 59.0 Å². The van der Waals surface area contributed by atoms with E-state index in [0.717, 1.165) is 36.6 Å². The molecule has 0 atom stereocenters. The molecule has 0 aliphatic heterocycles. The minimum absolute atomic E-state index is 0.00945. The van der Waals surface area contributed by atoms with Crippen molar-refractivity contribution >= 4 is 51.9 Å². The Labute approximate surface area is 241 Å². The summed E-state index contributed by atoms with van der Waals surface area (Å²) in [5.41, 5.74) is 2.33. The van der Waals surface area contributed by atoms with Crippen molar-refractivity contribution in [3.8, 4) is 0 Å². The molecule has 5 rings (SSSR count). The molecule has 10 nitrogen and oxygen atoms in total. The molecule has 1 aliphatic rings. The normalized spacial score (nSPS) is 13.3. The van der Waals surface area contributed by atoms with E-state index in [1.54, 1.807) is 36.2 Å². The lowest BCUT2D eigenvalue weighted by Crippen LogP contribution is -2.40. The number of carboxylic acid groups (broad SMARTS) is 1. The average Bonchev–Trinajstić information content (AvgIpc) is 3.61. The number of halogens is 1. The van der Waals surface area contributed by atoms with E-state index < -0.39 is 5.97 Å². The molecule has 0 bridgehead atoms. The average molecular weight is 576 g/mol. The predicted molar refractivity (Wildman–Crippen MR) is 155 cm³/mol. The number of likely N-dealkylation sites (N-methyl/N-ethyl adjacent to an activating group) is 1. The molecule has 2 aromatic carbocycles. The Balaban J connectivity index is 1.28. The first-order valence-electron chi connectivity index (χ1n) is 13.4. The molecule has 3 N–H and O–H groups in total. The Morgan fingerprint density at radius 1 is 1.07 bits per heavy atom. The topological polar surface area (TPSA) is 138 Å². The number of nitrogens with one attached hydrogen (secondary N) is 2. The van der Waals surface area contributed by atoms with Gasteiger partial charge in [0.15, 0.2) is 5.76 Å². The third-order valence-corrected chi connectivity index (χ3v) is 7.31.